The van der Waals surface area contributed by atoms with Crippen molar-refractivity contribution in [3.63, 3.8) is 0 Å². The van der Waals surface area contributed by atoms with Gasteiger partial charge in [-0.15, -0.1) is 0 Å². The molecule has 1 aromatic heterocycles. The average Bonchev–Trinajstić information content (AvgIpc) is 3.19. The summed E-state index contributed by atoms with van der Waals surface area (Å²) in [5.74, 6) is -0.363. The minimum atomic E-state index is -0.497. The number of aromatic nitrogens is 1. The molecule has 3 rings (SSSR count). The fourth-order valence-corrected chi connectivity index (χ4v) is 3.33. The second-order valence-corrected chi connectivity index (χ2v) is 8.16. The largest absolute Gasteiger partial charge is 0.447 e. The molecule has 0 radical (unpaired) electrons. The van der Waals surface area contributed by atoms with Crippen molar-refractivity contribution >= 4 is 11.6 Å². The number of rotatable bonds is 9. The number of halogens is 1. The van der Waals surface area contributed by atoms with Crippen molar-refractivity contribution in [2.45, 2.75) is 39.5 Å². The van der Waals surface area contributed by atoms with Crippen LogP contribution in [0.1, 0.15) is 35.8 Å². The zero-order valence-electron chi connectivity index (χ0n) is 18.3. The summed E-state index contributed by atoms with van der Waals surface area (Å²) in [6, 6.07) is 4.53. The van der Waals surface area contributed by atoms with Crippen molar-refractivity contribution in [1.29, 1.82) is 0 Å². The van der Waals surface area contributed by atoms with Gasteiger partial charge in [-0.1, -0.05) is 6.07 Å². The third kappa shape index (κ3) is 7.10. The number of β-amino-alcohol motifs (C(OH)–C–C–N with tert-alkyl or cyclic N) is 1. The van der Waals surface area contributed by atoms with Gasteiger partial charge < -0.3 is 19.6 Å². The molecule has 1 aliphatic rings. The number of carbonyl (C=O) groups is 1. The van der Waals surface area contributed by atoms with Gasteiger partial charge in [0, 0.05) is 38.4 Å². The number of carbonyl (C=O) groups excluding carboxylic acids is 1. The molecule has 8 nitrogen and oxygen atoms in total. The molecule has 1 aromatic carbocycles. The van der Waals surface area contributed by atoms with Crippen LogP contribution in [0.3, 0.4) is 0 Å². The molecule has 2 N–H and O–H groups in total. The molecule has 1 fully saturated rings. The number of ether oxygens (including phenoxy) is 1. The second kappa shape index (κ2) is 10.8. The number of hydrogen-bond donors (Lipinski definition) is 2. The standard InChI is InChI=1S/C22H31FN4O4/c1-15(2)30-13-18(28)11-26-6-8-27(9-7-26)12-21-25-20(14-31-21)22(29)24-17-5-4-16(3)19(23)10-17/h4-5,10,14-15,18,28H,6-9,11-13H2,1-3H3,(H,24,29)/t18-/m0/s1. The average molecular weight is 435 g/mol. The summed E-state index contributed by atoms with van der Waals surface area (Å²) in [4.78, 5) is 21.0. The molecular weight excluding hydrogens is 403 g/mol. The molecule has 170 valence electrons. The summed E-state index contributed by atoms with van der Waals surface area (Å²) in [5, 5.41) is 12.7. The van der Waals surface area contributed by atoms with Crippen LogP contribution in [0.5, 0.6) is 0 Å². The third-order valence-corrected chi connectivity index (χ3v) is 5.13. The van der Waals surface area contributed by atoms with E-state index in [-0.39, 0.29) is 17.6 Å². The first-order chi connectivity index (χ1) is 14.8. The number of nitrogens with zero attached hydrogens (tertiary/aromatic N) is 3. The maximum atomic E-state index is 13.6. The van der Waals surface area contributed by atoms with Crippen molar-refractivity contribution in [3.8, 4) is 0 Å². The number of piperazine rings is 1. The van der Waals surface area contributed by atoms with Gasteiger partial charge in [-0.2, -0.15) is 0 Å². The van der Waals surface area contributed by atoms with Crippen LogP contribution in [0.25, 0.3) is 0 Å². The highest BCUT2D eigenvalue weighted by atomic mass is 19.1. The number of anilines is 1. The van der Waals surface area contributed by atoms with Crippen molar-refractivity contribution in [2.75, 3.05) is 44.6 Å². The van der Waals surface area contributed by atoms with Crippen LogP contribution in [0.4, 0.5) is 10.1 Å². The zero-order chi connectivity index (χ0) is 22.4. The Morgan fingerprint density at radius 3 is 2.68 bits per heavy atom. The monoisotopic (exact) mass is 434 g/mol. The van der Waals surface area contributed by atoms with Gasteiger partial charge in [0.2, 0.25) is 5.89 Å². The highest BCUT2D eigenvalue weighted by molar-refractivity contribution is 6.02. The van der Waals surface area contributed by atoms with E-state index in [1.54, 1.807) is 19.1 Å². The number of aryl methyl sites for hydroxylation is 1. The molecule has 0 unspecified atom stereocenters. The molecule has 9 heteroatoms. The molecular formula is C22H31FN4O4. The Morgan fingerprint density at radius 1 is 1.29 bits per heavy atom. The number of aliphatic hydroxyl groups is 1. The van der Waals surface area contributed by atoms with Gasteiger partial charge in [-0.05, 0) is 38.5 Å². The molecule has 1 atom stereocenters. The molecule has 0 spiro atoms. The molecule has 1 aliphatic heterocycles. The SMILES string of the molecule is Cc1ccc(NC(=O)c2coc(CN3CCN(C[C@H](O)COC(C)C)CC3)n2)cc1F. The van der Waals surface area contributed by atoms with Gasteiger partial charge in [-0.25, -0.2) is 9.37 Å². The van der Waals surface area contributed by atoms with Crippen LogP contribution < -0.4 is 5.32 Å². The zero-order valence-corrected chi connectivity index (χ0v) is 18.3. The fourth-order valence-electron chi connectivity index (χ4n) is 3.33. The summed E-state index contributed by atoms with van der Waals surface area (Å²) in [6.45, 7) is 10.3. The Labute approximate surface area is 182 Å². The van der Waals surface area contributed by atoms with Crippen molar-refractivity contribution in [3.05, 3.63) is 47.4 Å². The number of benzene rings is 1. The van der Waals surface area contributed by atoms with Crippen LogP contribution in [0.15, 0.2) is 28.9 Å². The highest BCUT2D eigenvalue weighted by Crippen LogP contribution is 2.15. The summed E-state index contributed by atoms with van der Waals surface area (Å²) >= 11 is 0. The van der Waals surface area contributed by atoms with E-state index in [9.17, 15) is 14.3 Å². The maximum absolute atomic E-state index is 13.6. The lowest BCUT2D eigenvalue weighted by Crippen LogP contribution is -2.48. The van der Waals surface area contributed by atoms with E-state index in [2.05, 4.69) is 20.1 Å². The van der Waals surface area contributed by atoms with Crippen molar-refractivity contribution in [1.82, 2.24) is 14.8 Å². The lowest BCUT2D eigenvalue weighted by atomic mass is 10.2. The van der Waals surface area contributed by atoms with Crippen LogP contribution >= 0.6 is 0 Å². The summed E-state index contributed by atoms with van der Waals surface area (Å²) in [6.07, 6.45) is 0.928. The topological polar surface area (TPSA) is 91.1 Å². The van der Waals surface area contributed by atoms with Gasteiger partial charge in [0.05, 0.1) is 25.4 Å². The van der Waals surface area contributed by atoms with E-state index in [1.165, 1.54) is 12.3 Å². The van der Waals surface area contributed by atoms with E-state index in [0.29, 0.717) is 36.8 Å². The summed E-state index contributed by atoms with van der Waals surface area (Å²) in [7, 11) is 0. The summed E-state index contributed by atoms with van der Waals surface area (Å²) in [5.41, 5.74) is 1.04. The minimum absolute atomic E-state index is 0.109. The maximum Gasteiger partial charge on any atom is 0.277 e. The Morgan fingerprint density at radius 2 is 2.00 bits per heavy atom. The normalized spacial score (nSPS) is 16.6. The molecule has 1 saturated heterocycles. The lowest BCUT2D eigenvalue weighted by molar-refractivity contribution is -0.0151. The second-order valence-electron chi connectivity index (χ2n) is 8.16. The van der Waals surface area contributed by atoms with Crippen molar-refractivity contribution in [2.24, 2.45) is 0 Å². The quantitative estimate of drug-likeness (QED) is 0.626. The number of hydrogen-bond acceptors (Lipinski definition) is 7. The fraction of sp³-hybridized carbons (Fsp3) is 0.545. The highest BCUT2D eigenvalue weighted by Gasteiger charge is 2.21. The van der Waals surface area contributed by atoms with Crippen LogP contribution in [0.2, 0.25) is 0 Å². The van der Waals surface area contributed by atoms with Gasteiger partial charge in [-0.3, -0.25) is 14.6 Å². The molecule has 0 aliphatic carbocycles. The predicted octanol–water partition coefficient (Wildman–Crippen LogP) is 2.28. The van der Waals surface area contributed by atoms with Gasteiger partial charge in [0.15, 0.2) is 5.69 Å². The van der Waals surface area contributed by atoms with E-state index in [1.807, 2.05) is 13.8 Å². The van der Waals surface area contributed by atoms with Gasteiger partial charge in [0.25, 0.3) is 5.91 Å². The van der Waals surface area contributed by atoms with E-state index >= 15 is 0 Å². The molecule has 2 aromatic rings. The van der Waals surface area contributed by atoms with Crippen LogP contribution in [-0.2, 0) is 11.3 Å². The van der Waals surface area contributed by atoms with Gasteiger partial charge in [0.1, 0.15) is 12.1 Å². The van der Waals surface area contributed by atoms with Gasteiger partial charge >= 0.3 is 0 Å². The molecule has 2 heterocycles. The third-order valence-electron chi connectivity index (χ3n) is 5.13. The first-order valence-electron chi connectivity index (χ1n) is 10.6. The van der Waals surface area contributed by atoms with E-state index in [4.69, 9.17) is 9.15 Å². The molecule has 0 saturated carbocycles. The number of nitrogens with one attached hydrogen (secondary N) is 1. The smallest absolute Gasteiger partial charge is 0.277 e. The first-order valence-corrected chi connectivity index (χ1v) is 10.6. The molecule has 0 bridgehead atoms. The number of amides is 1. The van der Waals surface area contributed by atoms with E-state index in [0.717, 1.165) is 26.2 Å². The van der Waals surface area contributed by atoms with Crippen molar-refractivity contribution < 1.29 is 23.4 Å². The molecule has 1 amide bonds. The van der Waals surface area contributed by atoms with Crippen LogP contribution in [-0.4, -0.2) is 77.3 Å². The number of oxazole rings is 1. The minimum Gasteiger partial charge on any atom is -0.447 e. The van der Waals surface area contributed by atoms with E-state index < -0.39 is 12.0 Å². The first kappa shape index (κ1) is 23.3. The van der Waals surface area contributed by atoms with Crippen LogP contribution in [0, 0.1) is 12.7 Å². The lowest BCUT2D eigenvalue weighted by Gasteiger charge is -2.35. The Balaban J connectivity index is 1.44. The Bertz CT molecular complexity index is 865. The Kier molecular flexibility index (Phi) is 8.14. The Hall–Kier alpha value is -2.33. The number of aliphatic hydroxyl groups excluding tert-OH is 1. The molecule has 31 heavy (non-hydrogen) atoms. The summed E-state index contributed by atoms with van der Waals surface area (Å²) < 4.78 is 24.6. The predicted molar refractivity (Wildman–Crippen MR) is 114 cm³/mol.